The second-order valence-electron chi connectivity index (χ2n) is 4.78. The molecule has 0 amide bonds. The second-order valence-corrected chi connectivity index (χ2v) is 6.03. The maximum absolute atomic E-state index is 13.1. The first-order valence-electron chi connectivity index (χ1n) is 6.84. The van der Waals surface area contributed by atoms with Crippen LogP contribution >= 0.6 is 22.6 Å². The molecule has 114 valence electrons. The van der Waals surface area contributed by atoms with Gasteiger partial charge >= 0.3 is 0 Å². The molecule has 0 fully saturated rings. The van der Waals surface area contributed by atoms with Crippen molar-refractivity contribution in [2.45, 2.75) is 0 Å². The summed E-state index contributed by atoms with van der Waals surface area (Å²) in [5.74, 6) is -0.521. The lowest BCUT2D eigenvalue weighted by molar-refractivity contribution is 0.636. The Hall–Kier alpha value is -2.15. The third-order valence-electron chi connectivity index (χ3n) is 3.21. The van der Waals surface area contributed by atoms with Crippen molar-refractivity contribution in [3.8, 4) is 0 Å². The molecule has 0 saturated heterocycles. The van der Waals surface area contributed by atoms with E-state index >= 15 is 0 Å². The lowest BCUT2D eigenvalue weighted by Gasteiger charge is -1.97. The molecule has 5 heteroatoms. The molecule has 0 aliphatic rings. The van der Waals surface area contributed by atoms with E-state index in [-0.39, 0.29) is 11.6 Å². The molecule has 0 spiro atoms. The van der Waals surface area contributed by atoms with Gasteiger partial charge in [0.1, 0.15) is 22.7 Å². The molecule has 0 bridgehead atoms. The van der Waals surface area contributed by atoms with Crippen LogP contribution in [0.1, 0.15) is 0 Å². The molecule has 23 heavy (non-hydrogen) atoms. The third kappa shape index (κ3) is 3.61. The minimum atomic E-state index is -0.261. The highest BCUT2D eigenvalue weighted by Gasteiger charge is 2.00. The zero-order chi connectivity index (χ0) is 16.2. The fourth-order valence-electron chi connectivity index (χ4n) is 2.16. The van der Waals surface area contributed by atoms with Crippen molar-refractivity contribution >= 4 is 44.4 Å². The fourth-order valence-corrected chi connectivity index (χ4v) is 2.64. The highest BCUT2D eigenvalue weighted by Crippen LogP contribution is 2.17. The maximum Gasteiger partial charge on any atom is 0.149 e. The van der Waals surface area contributed by atoms with Crippen molar-refractivity contribution in [2.75, 3.05) is 0 Å². The van der Waals surface area contributed by atoms with Gasteiger partial charge in [0, 0.05) is 26.7 Å². The van der Waals surface area contributed by atoms with Gasteiger partial charge in [-0.3, -0.25) is 9.97 Å². The Morgan fingerprint density at radius 1 is 0.739 bits per heavy atom. The Balaban J connectivity index is 0.000000136. The number of fused-ring (bicyclic) bond motifs is 2. The van der Waals surface area contributed by atoms with E-state index < -0.39 is 0 Å². The van der Waals surface area contributed by atoms with Crippen LogP contribution in [-0.4, -0.2) is 9.97 Å². The van der Waals surface area contributed by atoms with Crippen LogP contribution in [0.15, 0.2) is 67.0 Å². The molecule has 0 aliphatic carbocycles. The van der Waals surface area contributed by atoms with Crippen molar-refractivity contribution in [1.82, 2.24) is 9.97 Å². The molecule has 0 saturated carbocycles. The largest absolute Gasteiger partial charge is 0.253 e. The first-order chi connectivity index (χ1) is 11.1. The van der Waals surface area contributed by atoms with E-state index in [0.717, 1.165) is 14.3 Å². The summed E-state index contributed by atoms with van der Waals surface area (Å²) in [7, 11) is 0. The van der Waals surface area contributed by atoms with Gasteiger partial charge in [0.25, 0.3) is 0 Å². The van der Waals surface area contributed by atoms with E-state index in [1.165, 1.54) is 12.1 Å². The van der Waals surface area contributed by atoms with Crippen LogP contribution in [0, 0.1) is 15.2 Å². The predicted molar refractivity (Wildman–Crippen MR) is 96.1 cm³/mol. The summed E-state index contributed by atoms with van der Waals surface area (Å²) in [5.41, 5.74) is 0.882. The van der Waals surface area contributed by atoms with E-state index in [9.17, 15) is 8.78 Å². The summed E-state index contributed by atoms with van der Waals surface area (Å²) in [6, 6.07) is 15.4. The topological polar surface area (TPSA) is 25.8 Å². The van der Waals surface area contributed by atoms with Gasteiger partial charge in [0.05, 0.1) is 0 Å². The number of nitrogens with zero attached hydrogens (tertiary/aromatic N) is 2. The molecule has 0 N–H and O–H groups in total. The van der Waals surface area contributed by atoms with Gasteiger partial charge in [-0.1, -0.05) is 30.3 Å². The van der Waals surface area contributed by atoms with Crippen LogP contribution in [0.3, 0.4) is 0 Å². The molecule has 4 aromatic rings. The zero-order valence-electron chi connectivity index (χ0n) is 11.9. The van der Waals surface area contributed by atoms with Gasteiger partial charge in [0.2, 0.25) is 0 Å². The highest BCUT2D eigenvalue weighted by atomic mass is 127. The summed E-state index contributed by atoms with van der Waals surface area (Å²) < 4.78 is 27.0. The van der Waals surface area contributed by atoms with Gasteiger partial charge in [-0.25, -0.2) is 8.78 Å². The molecule has 4 rings (SSSR count). The highest BCUT2D eigenvalue weighted by molar-refractivity contribution is 14.1. The quantitative estimate of drug-likeness (QED) is 0.359. The Bertz CT molecular complexity index is 968. The van der Waals surface area contributed by atoms with Crippen LogP contribution in [0.4, 0.5) is 8.78 Å². The first-order valence-corrected chi connectivity index (χ1v) is 7.92. The fraction of sp³-hybridized carbons (Fsp3) is 0. The Kier molecular flexibility index (Phi) is 4.76. The normalized spacial score (nSPS) is 10.4. The standard InChI is InChI=1S/C9H5FIN.C9H6FN/c10-8-3-1-2-6-4-7(11)5-12-9(6)8;10-8-5-1-3-7-4-2-6-11-9(7)8/h1-5H;1-6H. The maximum atomic E-state index is 13.1. The van der Waals surface area contributed by atoms with E-state index in [0.29, 0.717) is 11.0 Å². The molecule has 2 aromatic carbocycles. The third-order valence-corrected chi connectivity index (χ3v) is 3.80. The zero-order valence-corrected chi connectivity index (χ0v) is 14.0. The SMILES string of the molecule is Fc1cccc2cc(I)cnc12.Fc1cccc2cccnc12. The molecular weight excluding hydrogens is 409 g/mol. The Morgan fingerprint density at radius 2 is 1.35 bits per heavy atom. The van der Waals surface area contributed by atoms with Gasteiger partial charge in [-0.2, -0.15) is 0 Å². The Morgan fingerprint density at radius 3 is 2.04 bits per heavy atom. The van der Waals surface area contributed by atoms with Crippen molar-refractivity contribution < 1.29 is 8.78 Å². The molecule has 0 unspecified atom stereocenters. The number of halogens is 3. The first kappa shape index (κ1) is 15.7. The van der Waals surface area contributed by atoms with Crippen LogP contribution in [-0.2, 0) is 0 Å². The lowest BCUT2D eigenvalue weighted by Crippen LogP contribution is -1.84. The average molecular weight is 420 g/mol. The number of pyridine rings is 2. The molecular formula is C18H11F2IN2. The van der Waals surface area contributed by atoms with E-state index in [4.69, 9.17) is 0 Å². The van der Waals surface area contributed by atoms with Crippen LogP contribution < -0.4 is 0 Å². The molecule has 0 atom stereocenters. The lowest BCUT2D eigenvalue weighted by atomic mass is 10.2. The van der Waals surface area contributed by atoms with Gasteiger partial charge in [0.15, 0.2) is 0 Å². The summed E-state index contributed by atoms with van der Waals surface area (Å²) in [6.45, 7) is 0. The molecule has 2 heterocycles. The van der Waals surface area contributed by atoms with E-state index in [2.05, 4.69) is 32.6 Å². The van der Waals surface area contributed by atoms with Crippen LogP contribution in [0.25, 0.3) is 21.8 Å². The monoisotopic (exact) mass is 420 g/mol. The summed E-state index contributed by atoms with van der Waals surface area (Å²) >= 11 is 2.15. The molecule has 0 aliphatic heterocycles. The van der Waals surface area contributed by atoms with Gasteiger partial charge < -0.3 is 0 Å². The molecule has 2 nitrogen and oxygen atoms in total. The van der Waals surface area contributed by atoms with Crippen molar-refractivity contribution in [3.05, 3.63) is 82.2 Å². The summed E-state index contributed by atoms with van der Waals surface area (Å²) in [4.78, 5) is 7.90. The van der Waals surface area contributed by atoms with Crippen LogP contribution in [0.5, 0.6) is 0 Å². The minimum Gasteiger partial charge on any atom is -0.253 e. The smallest absolute Gasteiger partial charge is 0.149 e. The van der Waals surface area contributed by atoms with E-state index in [1.54, 1.807) is 30.6 Å². The number of rotatable bonds is 0. The number of benzene rings is 2. The molecule has 2 aromatic heterocycles. The van der Waals surface area contributed by atoms with E-state index in [1.807, 2.05) is 24.3 Å². The summed E-state index contributed by atoms with van der Waals surface area (Å²) in [6.07, 6.45) is 3.25. The van der Waals surface area contributed by atoms with Gasteiger partial charge in [-0.15, -0.1) is 0 Å². The number of aromatic nitrogens is 2. The minimum absolute atomic E-state index is 0.260. The second kappa shape index (κ2) is 6.95. The van der Waals surface area contributed by atoms with Gasteiger partial charge in [-0.05, 0) is 46.9 Å². The average Bonchev–Trinajstić information content (AvgIpc) is 2.56. The molecule has 0 radical (unpaired) electrons. The van der Waals surface area contributed by atoms with Crippen molar-refractivity contribution in [2.24, 2.45) is 0 Å². The number of hydrogen-bond donors (Lipinski definition) is 0. The van der Waals surface area contributed by atoms with Crippen LogP contribution in [0.2, 0.25) is 0 Å². The number of hydrogen-bond acceptors (Lipinski definition) is 2. The summed E-state index contributed by atoms with van der Waals surface area (Å²) in [5, 5.41) is 1.69. The predicted octanol–water partition coefficient (Wildman–Crippen LogP) is 5.35. The van der Waals surface area contributed by atoms with Crippen molar-refractivity contribution in [3.63, 3.8) is 0 Å². The Labute approximate surface area is 145 Å². The number of para-hydroxylation sites is 2. The van der Waals surface area contributed by atoms with Crippen molar-refractivity contribution in [1.29, 1.82) is 0 Å².